The second-order valence-corrected chi connectivity index (χ2v) is 7.73. The molecular formula is C16H30N2O. The van der Waals surface area contributed by atoms with Gasteiger partial charge in [0.1, 0.15) is 0 Å². The van der Waals surface area contributed by atoms with Gasteiger partial charge in [0.05, 0.1) is 5.92 Å². The summed E-state index contributed by atoms with van der Waals surface area (Å²) in [5.41, 5.74) is 6.57. The Morgan fingerprint density at radius 3 is 2.47 bits per heavy atom. The lowest BCUT2D eigenvalue weighted by molar-refractivity contribution is -0.136. The van der Waals surface area contributed by atoms with Crippen LogP contribution >= 0.6 is 0 Å². The van der Waals surface area contributed by atoms with E-state index in [0.717, 1.165) is 32.4 Å². The van der Waals surface area contributed by atoms with Crippen LogP contribution in [0.25, 0.3) is 0 Å². The molecule has 0 aromatic heterocycles. The molecule has 1 saturated carbocycles. The summed E-state index contributed by atoms with van der Waals surface area (Å²) in [5, 5.41) is 0. The zero-order chi connectivity index (χ0) is 14.2. The maximum absolute atomic E-state index is 12.7. The maximum Gasteiger partial charge on any atom is 0.227 e. The summed E-state index contributed by atoms with van der Waals surface area (Å²) in [7, 11) is 0. The minimum absolute atomic E-state index is 0.0648. The van der Waals surface area contributed by atoms with Gasteiger partial charge >= 0.3 is 0 Å². The van der Waals surface area contributed by atoms with E-state index in [0.29, 0.717) is 23.2 Å². The topological polar surface area (TPSA) is 46.3 Å². The Balaban J connectivity index is 1.97. The predicted octanol–water partition coefficient (Wildman–Crippen LogP) is 2.64. The molecule has 2 fully saturated rings. The predicted molar refractivity (Wildman–Crippen MR) is 78.6 cm³/mol. The molecule has 1 saturated heterocycles. The van der Waals surface area contributed by atoms with Crippen molar-refractivity contribution in [3.63, 3.8) is 0 Å². The summed E-state index contributed by atoms with van der Waals surface area (Å²) in [6, 6.07) is 0.0648. The minimum Gasteiger partial charge on any atom is -0.342 e. The highest BCUT2D eigenvalue weighted by Gasteiger charge is 2.39. The summed E-state index contributed by atoms with van der Waals surface area (Å²) >= 11 is 0. The molecule has 4 atom stereocenters. The van der Waals surface area contributed by atoms with Crippen LogP contribution in [0.4, 0.5) is 0 Å². The van der Waals surface area contributed by atoms with Gasteiger partial charge < -0.3 is 10.6 Å². The lowest BCUT2D eigenvalue weighted by atomic mass is 9.77. The first-order valence-corrected chi connectivity index (χ1v) is 7.85. The van der Waals surface area contributed by atoms with Crippen molar-refractivity contribution in [2.75, 3.05) is 13.1 Å². The van der Waals surface area contributed by atoms with Crippen LogP contribution in [-0.4, -0.2) is 29.9 Å². The molecule has 1 aliphatic carbocycles. The van der Waals surface area contributed by atoms with Gasteiger partial charge in [-0.05, 0) is 36.5 Å². The van der Waals surface area contributed by atoms with Gasteiger partial charge in [-0.2, -0.15) is 0 Å². The van der Waals surface area contributed by atoms with Crippen LogP contribution in [0.2, 0.25) is 0 Å². The van der Waals surface area contributed by atoms with Gasteiger partial charge in [-0.15, -0.1) is 0 Å². The van der Waals surface area contributed by atoms with Crippen LogP contribution in [0.1, 0.15) is 53.4 Å². The number of amides is 1. The Labute approximate surface area is 117 Å². The molecule has 2 rings (SSSR count). The number of hydrogen-bond acceptors (Lipinski definition) is 2. The average Bonchev–Trinajstić information content (AvgIpc) is 2.81. The van der Waals surface area contributed by atoms with Crippen molar-refractivity contribution in [2.24, 2.45) is 28.9 Å². The normalized spacial score (nSPS) is 36.6. The van der Waals surface area contributed by atoms with Gasteiger partial charge in [-0.25, -0.2) is 0 Å². The highest BCUT2D eigenvalue weighted by Crippen LogP contribution is 2.36. The second-order valence-electron chi connectivity index (χ2n) is 7.73. The van der Waals surface area contributed by atoms with Crippen molar-refractivity contribution >= 4 is 5.91 Å². The third-order valence-corrected chi connectivity index (χ3v) is 5.34. The number of carbonyl (C=O) groups excluding carboxylic acids is 1. The fourth-order valence-corrected chi connectivity index (χ4v) is 3.63. The third kappa shape index (κ3) is 3.13. The smallest absolute Gasteiger partial charge is 0.227 e. The molecule has 0 aromatic carbocycles. The molecule has 0 aromatic rings. The van der Waals surface area contributed by atoms with Gasteiger partial charge in [0, 0.05) is 19.1 Å². The standard InChI is InChI=1S/C16H30N2O/c1-11-6-5-7-13(14(11)17)15(19)18-9-8-12(10-18)16(2,3)4/h11-14H,5-10,17H2,1-4H3. The van der Waals surface area contributed by atoms with Gasteiger partial charge in [0.2, 0.25) is 5.91 Å². The molecule has 19 heavy (non-hydrogen) atoms. The van der Waals surface area contributed by atoms with E-state index in [1.165, 1.54) is 6.42 Å². The van der Waals surface area contributed by atoms with E-state index in [-0.39, 0.29) is 12.0 Å². The van der Waals surface area contributed by atoms with Gasteiger partial charge in [-0.1, -0.05) is 34.1 Å². The first-order chi connectivity index (χ1) is 8.80. The fraction of sp³-hybridized carbons (Fsp3) is 0.938. The summed E-state index contributed by atoms with van der Waals surface area (Å²) < 4.78 is 0. The monoisotopic (exact) mass is 266 g/mol. The van der Waals surface area contributed by atoms with E-state index < -0.39 is 0 Å². The summed E-state index contributed by atoms with van der Waals surface area (Å²) in [6.07, 6.45) is 4.46. The lowest BCUT2D eigenvalue weighted by Gasteiger charge is -2.35. The van der Waals surface area contributed by atoms with Crippen LogP contribution < -0.4 is 5.73 Å². The van der Waals surface area contributed by atoms with Crippen molar-refractivity contribution < 1.29 is 4.79 Å². The Bertz CT molecular complexity index is 334. The van der Waals surface area contributed by atoms with Crippen molar-refractivity contribution in [3.8, 4) is 0 Å². The Morgan fingerprint density at radius 2 is 1.89 bits per heavy atom. The van der Waals surface area contributed by atoms with Gasteiger partial charge in [-0.3, -0.25) is 4.79 Å². The number of nitrogens with two attached hydrogens (primary N) is 1. The van der Waals surface area contributed by atoms with Crippen LogP contribution in [0.15, 0.2) is 0 Å². The van der Waals surface area contributed by atoms with Crippen molar-refractivity contribution in [1.82, 2.24) is 4.90 Å². The van der Waals surface area contributed by atoms with Crippen LogP contribution in [0.3, 0.4) is 0 Å². The largest absolute Gasteiger partial charge is 0.342 e. The molecule has 1 aliphatic heterocycles. The van der Waals surface area contributed by atoms with E-state index in [4.69, 9.17) is 5.73 Å². The molecule has 1 heterocycles. The zero-order valence-electron chi connectivity index (χ0n) is 13.0. The van der Waals surface area contributed by atoms with Gasteiger partial charge in [0.15, 0.2) is 0 Å². The highest BCUT2D eigenvalue weighted by molar-refractivity contribution is 5.80. The number of likely N-dealkylation sites (tertiary alicyclic amines) is 1. The van der Waals surface area contributed by atoms with Gasteiger partial charge in [0.25, 0.3) is 0 Å². The SMILES string of the molecule is CC1CCCC(C(=O)N2CCC(C(C)(C)C)C2)C1N. The van der Waals surface area contributed by atoms with Crippen LogP contribution in [0.5, 0.6) is 0 Å². The number of hydrogen-bond donors (Lipinski definition) is 1. The van der Waals surface area contributed by atoms with Crippen LogP contribution in [0, 0.1) is 23.2 Å². The summed E-state index contributed by atoms with van der Waals surface area (Å²) in [5.74, 6) is 1.52. The molecule has 110 valence electrons. The quantitative estimate of drug-likeness (QED) is 0.793. The van der Waals surface area contributed by atoms with E-state index in [2.05, 4.69) is 32.6 Å². The average molecular weight is 266 g/mol. The third-order valence-electron chi connectivity index (χ3n) is 5.34. The maximum atomic E-state index is 12.7. The van der Waals surface area contributed by atoms with E-state index in [1.54, 1.807) is 0 Å². The van der Waals surface area contributed by atoms with Crippen molar-refractivity contribution in [1.29, 1.82) is 0 Å². The molecule has 1 amide bonds. The molecule has 3 nitrogen and oxygen atoms in total. The molecule has 0 spiro atoms. The Kier molecular flexibility index (Phi) is 4.24. The molecule has 0 bridgehead atoms. The number of nitrogens with zero attached hydrogens (tertiary/aromatic N) is 1. The first-order valence-electron chi connectivity index (χ1n) is 7.85. The highest BCUT2D eigenvalue weighted by atomic mass is 16.2. The molecule has 2 aliphatic rings. The molecule has 4 unspecified atom stereocenters. The minimum atomic E-state index is 0.0648. The molecule has 0 radical (unpaired) electrons. The number of carbonyl (C=O) groups is 1. The molecule has 3 heteroatoms. The van der Waals surface area contributed by atoms with E-state index >= 15 is 0 Å². The summed E-state index contributed by atoms with van der Waals surface area (Å²) in [4.78, 5) is 14.8. The van der Waals surface area contributed by atoms with Crippen molar-refractivity contribution in [2.45, 2.75) is 59.4 Å². The zero-order valence-corrected chi connectivity index (χ0v) is 13.0. The lowest BCUT2D eigenvalue weighted by Crippen LogP contribution is -2.48. The molecule has 2 N–H and O–H groups in total. The number of rotatable bonds is 1. The Morgan fingerprint density at radius 1 is 1.21 bits per heavy atom. The van der Waals surface area contributed by atoms with Crippen LogP contribution in [-0.2, 0) is 4.79 Å². The summed E-state index contributed by atoms with van der Waals surface area (Å²) in [6.45, 7) is 10.9. The van der Waals surface area contributed by atoms with Crippen molar-refractivity contribution in [3.05, 3.63) is 0 Å². The first kappa shape index (κ1) is 14.8. The molecular weight excluding hydrogens is 236 g/mol. The Hall–Kier alpha value is -0.570. The van der Waals surface area contributed by atoms with E-state index in [9.17, 15) is 4.79 Å². The van der Waals surface area contributed by atoms with E-state index in [1.807, 2.05) is 0 Å². The fourth-order valence-electron chi connectivity index (χ4n) is 3.63. The second kappa shape index (κ2) is 5.43.